The van der Waals surface area contributed by atoms with Crippen LogP contribution in [0.15, 0.2) is 27.9 Å². The Labute approximate surface area is 102 Å². The lowest BCUT2D eigenvalue weighted by Gasteiger charge is -2.30. The first kappa shape index (κ1) is 13.9. The van der Waals surface area contributed by atoms with Gasteiger partial charge in [0.05, 0.1) is 5.57 Å². The Morgan fingerprint density at radius 1 is 1.47 bits per heavy atom. The first-order valence-corrected chi connectivity index (χ1v) is 5.26. The van der Waals surface area contributed by atoms with Gasteiger partial charge in [-0.3, -0.25) is 0 Å². The summed E-state index contributed by atoms with van der Waals surface area (Å²) in [5.74, 6) is -0.336. The van der Waals surface area contributed by atoms with Crippen LogP contribution in [-0.2, 0) is 0 Å². The van der Waals surface area contributed by atoms with Gasteiger partial charge in [0.1, 0.15) is 0 Å². The molecule has 3 nitrogen and oxygen atoms in total. The number of hydrogen-bond acceptors (Lipinski definition) is 1. The molecule has 94 valence electrons. The smallest absolute Gasteiger partial charge is 0.166 e. The maximum Gasteiger partial charge on any atom is 0.417 e. The summed E-state index contributed by atoms with van der Waals surface area (Å²) in [6, 6.07) is 0. The molecule has 1 aliphatic rings. The molecule has 0 aliphatic heterocycles. The molecule has 0 aromatic rings. The molecule has 1 atom stereocenters. The molecule has 0 amide bonds. The molecule has 0 aromatic carbocycles. The molecule has 0 N–H and O–H groups in total. The van der Waals surface area contributed by atoms with Crippen LogP contribution < -0.4 is 0 Å². The highest BCUT2D eigenvalue weighted by Crippen LogP contribution is 2.40. The Kier molecular flexibility index (Phi) is 3.79. The minimum Gasteiger partial charge on any atom is -0.166 e. The number of rotatable bonds is 2. The van der Waals surface area contributed by atoms with E-state index in [4.69, 9.17) is 17.1 Å². The zero-order valence-corrected chi connectivity index (χ0v) is 10.0. The quantitative estimate of drug-likeness (QED) is 0.394. The Morgan fingerprint density at radius 3 is 2.47 bits per heavy atom. The molecular weight excluding hydrogens is 255 g/mol. The van der Waals surface area contributed by atoms with Gasteiger partial charge in [0, 0.05) is 15.5 Å². The summed E-state index contributed by atoms with van der Waals surface area (Å²) in [6.45, 7) is 3.31. The lowest BCUT2D eigenvalue weighted by Crippen LogP contribution is -2.29. The fraction of sp³-hybridized carbons (Fsp3) is 0.600. The van der Waals surface area contributed by atoms with E-state index in [0.717, 1.165) is 6.08 Å². The minimum absolute atomic E-state index is 0.0267. The van der Waals surface area contributed by atoms with E-state index in [0.29, 0.717) is 0 Å². The van der Waals surface area contributed by atoms with Gasteiger partial charge >= 0.3 is 6.18 Å². The van der Waals surface area contributed by atoms with Crippen molar-refractivity contribution in [1.29, 1.82) is 0 Å². The number of nitrogens with zero attached hydrogens (tertiary/aromatic N) is 3. The topological polar surface area (TPSA) is 48.8 Å². The standard InChI is InChI=1S/C10H11ClF3N3/c1-9(2,16-17-15)6-3-4-7(8(11)5-6)10(12,13)14/h3-4,6H,5H2,1-2H3. The summed E-state index contributed by atoms with van der Waals surface area (Å²) in [5, 5.41) is 3.32. The van der Waals surface area contributed by atoms with E-state index in [1.165, 1.54) is 6.08 Å². The summed E-state index contributed by atoms with van der Waals surface area (Å²) in [5.41, 5.74) is 6.76. The Balaban J connectivity index is 2.97. The first-order chi connectivity index (χ1) is 7.68. The van der Waals surface area contributed by atoms with Crippen LogP contribution in [0.1, 0.15) is 20.3 Å². The average Bonchev–Trinajstić information content (AvgIpc) is 2.15. The third-order valence-electron chi connectivity index (χ3n) is 2.70. The second-order valence-electron chi connectivity index (χ2n) is 4.33. The molecule has 0 heterocycles. The van der Waals surface area contributed by atoms with Crippen LogP contribution in [0, 0.1) is 5.92 Å². The highest BCUT2D eigenvalue weighted by molar-refractivity contribution is 6.30. The van der Waals surface area contributed by atoms with Gasteiger partial charge in [-0.2, -0.15) is 13.2 Å². The number of azide groups is 1. The summed E-state index contributed by atoms with van der Waals surface area (Å²) in [7, 11) is 0. The molecule has 0 fully saturated rings. The monoisotopic (exact) mass is 265 g/mol. The van der Waals surface area contributed by atoms with E-state index in [9.17, 15) is 13.2 Å². The SMILES string of the molecule is CC(C)(N=[N+]=[N-])C1C=CC(C(F)(F)F)=C(Cl)C1. The molecule has 0 saturated carbocycles. The van der Waals surface area contributed by atoms with E-state index in [-0.39, 0.29) is 17.4 Å². The normalized spacial score (nSPS) is 21.4. The van der Waals surface area contributed by atoms with Crippen molar-refractivity contribution in [2.45, 2.75) is 32.0 Å². The van der Waals surface area contributed by atoms with Crippen LogP contribution in [-0.4, -0.2) is 11.7 Å². The Bertz CT molecular complexity index is 417. The van der Waals surface area contributed by atoms with Crippen LogP contribution in [0.4, 0.5) is 13.2 Å². The van der Waals surface area contributed by atoms with Crippen molar-refractivity contribution in [2.24, 2.45) is 11.0 Å². The minimum atomic E-state index is -4.44. The van der Waals surface area contributed by atoms with E-state index in [2.05, 4.69) is 10.0 Å². The molecular formula is C10H11ClF3N3. The zero-order valence-electron chi connectivity index (χ0n) is 9.29. The lowest BCUT2D eigenvalue weighted by molar-refractivity contribution is -0.0891. The van der Waals surface area contributed by atoms with Crippen LogP contribution in [0.2, 0.25) is 0 Å². The Morgan fingerprint density at radius 2 is 2.06 bits per heavy atom. The number of alkyl halides is 3. The second-order valence-corrected chi connectivity index (χ2v) is 4.79. The highest BCUT2D eigenvalue weighted by atomic mass is 35.5. The van der Waals surface area contributed by atoms with Crippen molar-refractivity contribution in [1.82, 2.24) is 0 Å². The van der Waals surface area contributed by atoms with Crippen molar-refractivity contribution >= 4 is 11.6 Å². The van der Waals surface area contributed by atoms with Crippen LogP contribution in [0.5, 0.6) is 0 Å². The molecule has 17 heavy (non-hydrogen) atoms. The van der Waals surface area contributed by atoms with E-state index >= 15 is 0 Å². The molecule has 1 aliphatic carbocycles. The van der Waals surface area contributed by atoms with Gasteiger partial charge in [0.15, 0.2) is 0 Å². The fourth-order valence-electron chi connectivity index (χ4n) is 1.60. The van der Waals surface area contributed by atoms with Crippen molar-refractivity contribution in [2.75, 3.05) is 0 Å². The van der Waals surface area contributed by atoms with E-state index in [1.807, 2.05) is 0 Å². The largest absolute Gasteiger partial charge is 0.417 e. The third-order valence-corrected chi connectivity index (χ3v) is 3.06. The summed E-state index contributed by atoms with van der Waals surface area (Å²) in [4.78, 5) is 2.69. The van der Waals surface area contributed by atoms with Crippen molar-refractivity contribution < 1.29 is 13.2 Å². The molecule has 0 radical (unpaired) electrons. The zero-order chi connectivity index (χ0) is 13.3. The lowest BCUT2D eigenvalue weighted by atomic mass is 9.82. The average molecular weight is 266 g/mol. The first-order valence-electron chi connectivity index (χ1n) is 4.89. The molecule has 0 spiro atoms. The maximum absolute atomic E-state index is 12.5. The van der Waals surface area contributed by atoms with Gasteiger partial charge in [-0.25, -0.2) is 0 Å². The van der Waals surface area contributed by atoms with Gasteiger partial charge in [0.2, 0.25) is 0 Å². The molecule has 0 aromatic heterocycles. The van der Waals surface area contributed by atoms with Gasteiger partial charge < -0.3 is 0 Å². The predicted molar refractivity (Wildman–Crippen MR) is 59.4 cm³/mol. The molecule has 0 saturated heterocycles. The summed E-state index contributed by atoms with van der Waals surface area (Å²) < 4.78 is 37.5. The van der Waals surface area contributed by atoms with Crippen LogP contribution >= 0.6 is 11.6 Å². The molecule has 7 heteroatoms. The molecule has 0 bridgehead atoms. The molecule has 1 unspecified atom stereocenters. The maximum atomic E-state index is 12.5. The second kappa shape index (κ2) is 4.63. The number of halogens is 4. The molecule has 1 rings (SSSR count). The number of hydrogen-bond donors (Lipinski definition) is 0. The fourth-order valence-corrected chi connectivity index (χ4v) is 1.93. The van der Waals surface area contributed by atoms with Gasteiger partial charge in [-0.1, -0.05) is 42.7 Å². The van der Waals surface area contributed by atoms with Crippen LogP contribution in [0.3, 0.4) is 0 Å². The van der Waals surface area contributed by atoms with Crippen LogP contribution in [0.25, 0.3) is 10.4 Å². The summed E-state index contributed by atoms with van der Waals surface area (Å²) >= 11 is 5.64. The van der Waals surface area contributed by atoms with Crippen molar-refractivity contribution in [3.8, 4) is 0 Å². The van der Waals surface area contributed by atoms with E-state index in [1.54, 1.807) is 13.8 Å². The van der Waals surface area contributed by atoms with Crippen molar-refractivity contribution in [3.05, 3.63) is 33.2 Å². The predicted octanol–water partition coefficient (Wildman–Crippen LogP) is 4.71. The van der Waals surface area contributed by atoms with Gasteiger partial charge in [0.25, 0.3) is 0 Å². The van der Waals surface area contributed by atoms with Gasteiger partial charge in [-0.15, -0.1) is 0 Å². The third kappa shape index (κ3) is 3.17. The van der Waals surface area contributed by atoms with Gasteiger partial charge in [-0.05, 0) is 17.9 Å². The highest BCUT2D eigenvalue weighted by Gasteiger charge is 2.38. The van der Waals surface area contributed by atoms with E-state index < -0.39 is 17.3 Å². The Hall–Kier alpha value is -1.13. The van der Waals surface area contributed by atoms with Crippen molar-refractivity contribution in [3.63, 3.8) is 0 Å². The number of allylic oxidation sites excluding steroid dienone is 3. The summed E-state index contributed by atoms with van der Waals surface area (Å²) in [6.07, 6.45) is -2.07.